The van der Waals surface area contributed by atoms with E-state index in [1.807, 2.05) is 0 Å². The average Bonchev–Trinajstić information content (AvgIpc) is 2.57. The van der Waals surface area contributed by atoms with Crippen LogP contribution >= 0.6 is 24.8 Å². The van der Waals surface area contributed by atoms with E-state index in [0.717, 1.165) is 25.9 Å². The molecule has 16 heavy (non-hydrogen) atoms. The van der Waals surface area contributed by atoms with Gasteiger partial charge in [0.15, 0.2) is 0 Å². The largest absolute Gasteiger partial charge is 0.378 e. The normalized spacial score (nSPS) is 31.9. The Bertz CT molecular complexity index is 195. The Hall–Kier alpha value is 0.390. The lowest BCUT2D eigenvalue weighted by Crippen LogP contribution is -2.46. The van der Waals surface area contributed by atoms with Gasteiger partial charge in [-0.2, -0.15) is 0 Å². The molecule has 1 unspecified atom stereocenters. The summed E-state index contributed by atoms with van der Waals surface area (Å²) in [5, 5.41) is 0. The molecule has 0 aromatic heterocycles. The summed E-state index contributed by atoms with van der Waals surface area (Å²) in [4.78, 5) is 2.18. The topological polar surface area (TPSA) is 38.5 Å². The molecular formula is C10H21Cl2FN2O. The van der Waals surface area contributed by atoms with E-state index < -0.39 is 5.67 Å². The molecule has 0 amide bonds. The standard InChI is InChI=1S/C10H19FN2O.2ClH/c11-10(3-6-14-8-10)7-13-4-1-9(12)2-5-13;;/h9H,1-8,12H2;2*1H. The maximum Gasteiger partial charge on any atom is 0.148 e. The molecule has 0 saturated carbocycles. The highest BCUT2D eigenvalue weighted by molar-refractivity contribution is 5.85. The van der Waals surface area contributed by atoms with E-state index in [4.69, 9.17) is 10.5 Å². The molecule has 1 atom stereocenters. The maximum absolute atomic E-state index is 14.0. The maximum atomic E-state index is 14.0. The molecule has 0 bridgehead atoms. The van der Waals surface area contributed by atoms with Crippen molar-refractivity contribution in [2.45, 2.75) is 31.0 Å². The first kappa shape index (κ1) is 16.4. The highest BCUT2D eigenvalue weighted by Gasteiger charge is 2.37. The summed E-state index contributed by atoms with van der Waals surface area (Å²) in [5.74, 6) is 0. The zero-order chi connectivity index (χ0) is 10.0. The summed E-state index contributed by atoms with van der Waals surface area (Å²) in [6, 6.07) is 0.321. The fourth-order valence-electron chi connectivity index (χ4n) is 2.22. The third kappa shape index (κ3) is 4.34. The molecule has 2 rings (SSSR count). The molecule has 2 aliphatic heterocycles. The lowest BCUT2D eigenvalue weighted by molar-refractivity contribution is 0.0609. The number of piperidine rings is 1. The SMILES string of the molecule is Cl.Cl.NC1CCN(CC2(F)CCOC2)CC1. The Balaban J connectivity index is 0.00000112. The number of hydrogen-bond acceptors (Lipinski definition) is 3. The minimum absolute atomic E-state index is 0. The van der Waals surface area contributed by atoms with Crippen molar-refractivity contribution < 1.29 is 9.13 Å². The van der Waals surface area contributed by atoms with Crippen LogP contribution in [0.4, 0.5) is 4.39 Å². The molecule has 2 fully saturated rings. The van der Waals surface area contributed by atoms with E-state index >= 15 is 0 Å². The number of alkyl halides is 1. The van der Waals surface area contributed by atoms with Gasteiger partial charge in [0.05, 0.1) is 6.61 Å². The van der Waals surface area contributed by atoms with E-state index in [2.05, 4.69) is 4.90 Å². The van der Waals surface area contributed by atoms with E-state index in [1.54, 1.807) is 0 Å². The highest BCUT2D eigenvalue weighted by Crippen LogP contribution is 2.25. The highest BCUT2D eigenvalue weighted by atomic mass is 35.5. The van der Waals surface area contributed by atoms with E-state index in [9.17, 15) is 4.39 Å². The fourth-order valence-corrected chi connectivity index (χ4v) is 2.22. The van der Waals surface area contributed by atoms with Crippen LogP contribution in [-0.4, -0.2) is 49.5 Å². The van der Waals surface area contributed by atoms with Gasteiger partial charge in [0.2, 0.25) is 0 Å². The van der Waals surface area contributed by atoms with Crippen LogP contribution in [0.5, 0.6) is 0 Å². The van der Waals surface area contributed by atoms with Crippen molar-refractivity contribution in [3.63, 3.8) is 0 Å². The second kappa shape index (κ2) is 6.97. The summed E-state index contributed by atoms with van der Waals surface area (Å²) in [6.07, 6.45) is 2.55. The first-order chi connectivity index (χ1) is 6.68. The van der Waals surface area contributed by atoms with Gasteiger partial charge in [-0.25, -0.2) is 4.39 Å². The molecule has 2 aliphatic rings. The van der Waals surface area contributed by atoms with E-state index in [1.165, 1.54) is 0 Å². The van der Waals surface area contributed by atoms with Crippen molar-refractivity contribution >= 4 is 24.8 Å². The number of halogens is 3. The summed E-state index contributed by atoms with van der Waals surface area (Å²) >= 11 is 0. The van der Waals surface area contributed by atoms with Gasteiger partial charge in [-0.15, -0.1) is 24.8 Å². The molecule has 2 heterocycles. The number of rotatable bonds is 2. The van der Waals surface area contributed by atoms with Gasteiger partial charge in [-0.1, -0.05) is 0 Å². The smallest absolute Gasteiger partial charge is 0.148 e. The van der Waals surface area contributed by atoms with Crippen LogP contribution in [0.15, 0.2) is 0 Å². The van der Waals surface area contributed by atoms with Crippen LogP contribution in [0.3, 0.4) is 0 Å². The van der Waals surface area contributed by atoms with Crippen LogP contribution in [0.25, 0.3) is 0 Å². The Morgan fingerprint density at radius 2 is 1.94 bits per heavy atom. The van der Waals surface area contributed by atoms with Gasteiger partial charge < -0.3 is 10.5 Å². The molecule has 2 saturated heterocycles. The first-order valence-corrected chi connectivity index (χ1v) is 5.43. The van der Waals surface area contributed by atoms with Gasteiger partial charge >= 0.3 is 0 Å². The summed E-state index contributed by atoms with van der Waals surface area (Å²) in [6.45, 7) is 3.25. The van der Waals surface area contributed by atoms with Crippen molar-refractivity contribution in [2.24, 2.45) is 5.73 Å². The minimum atomic E-state index is -1.10. The van der Waals surface area contributed by atoms with Crippen LogP contribution in [0.2, 0.25) is 0 Å². The number of nitrogens with two attached hydrogens (primary N) is 1. The lowest BCUT2D eigenvalue weighted by Gasteiger charge is -2.33. The van der Waals surface area contributed by atoms with Crippen molar-refractivity contribution in [2.75, 3.05) is 32.8 Å². The first-order valence-electron chi connectivity index (χ1n) is 5.43. The van der Waals surface area contributed by atoms with Crippen LogP contribution in [0.1, 0.15) is 19.3 Å². The molecule has 3 nitrogen and oxygen atoms in total. The summed E-state index contributed by atoms with van der Waals surface area (Å²) in [5.41, 5.74) is 4.70. The molecule has 6 heteroatoms. The summed E-state index contributed by atoms with van der Waals surface area (Å²) < 4.78 is 19.1. The number of hydrogen-bond donors (Lipinski definition) is 1. The van der Waals surface area contributed by atoms with Crippen LogP contribution in [-0.2, 0) is 4.74 Å². The Morgan fingerprint density at radius 3 is 2.44 bits per heavy atom. The van der Waals surface area contributed by atoms with E-state index in [-0.39, 0.29) is 31.4 Å². The molecule has 0 aliphatic carbocycles. The van der Waals surface area contributed by atoms with Crippen LogP contribution in [0, 0.1) is 0 Å². The molecule has 98 valence electrons. The molecule has 2 N–H and O–H groups in total. The third-order valence-electron chi connectivity index (χ3n) is 3.19. The average molecular weight is 275 g/mol. The summed E-state index contributed by atoms with van der Waals surface area (Å²) in [7, 11) is 0. The van der Waals surface area contributed by atoms with Gasteiger partial charge in [0.1, 0.15) is 5.67 Å². The minimum Gasteiger partial charge on any atom is -0.378 e. The number of nitrogens with zero attached hydrogens (tertiary/aromatic N) is 1. The quantitative estimate of drug-likeness (QED) is 0.827. The zero-order valence-electron chi connectivity index (χ0n) is 9.36. The molecule has 0 aromatic rings. The number of likely N-dealkylation sites (tertiary alicyclic amines) is 1. The Morgan fingerprint density at radius 1 is 1.31 bits per heavy atom. The Labute approximate surface area is 109 Å². The second-order valence-electron chi connectivity index (χ2n) is 4.57. The van der Waals surface area contributed by atoms with Gasteiger partial charge in [-0.05, 0) is 25.9 Å². The van der Waals surface area contributed by atoms with Crippen molar-refractivity contribution in [3.8, 4) is 0 Å². The zero-order valence-corrected chi connectivity index (χ0v) is 11.0. The molecule has 0 aromatic carbocycles. The van der Waals surface area contributed by atoms with E-state index in [0.29, 0.717) is 25.6 Å². The fraction of sp³-hybridized carbons (Fsp3) is 1.00. The molecule has 0 spiro atoms. The van der Waals surface area contributed by atoms with Crippen molar-refractivity contribution in [1.29, 1.82) is 0 Å². The second-order valence-corrected chi connectivity index (χ2v) is 4.57. The lowest BCUT2D eigenvalue weighted by atomic mass is 10.0. The van der Waals surface area contributed by atoms with Crippen LogP contribution < -0.4 is 5.73 Å². The number of ether oxygens (including phenoxy) is 1. The predicted octanol–water partition coefficient (Wildman–Crippen LogP) is 1.38. The molecular weight excluding hydrogens is 254 g/mol. The third-order valence-corrected chi connectivity index (χ3v) is 3.19. The van der Waals surface area contributed by atoms with Crippen molar-refractivity contribution in [3.05, 3.63) is 0 Å². The predicted molar refractivity (Wildman–Crippen MR) is 67.4 cm³/mol. The van der Waals surface area contributed by atoms with Gasteiger partial charge in [-0.3, -0.25) is 4.90 Å². The molecule has 0 radical (unpaired) electrons. The van der Waals surface area contributed by atoms with Gasteiger partial charge in [0, 0.05) is 25.6 Å². The van der Waals surface area contributed by atoms with Crippen molar-refractivity contribution in [1.82, 2.24) is 4.90 Å². The Kier molecular flexibility index (Phi) is 7.14. The monoisotopic (exact) mass is 274 g/mol. The van der Waals surface area contributed by atoms with Gasteiger partial charge in [0.25, 0.3) is 0 Å².